The first-order valence-electron chi connectivity index (χ1n) is 6.03. The number of rotatable bonds is 5. The molecule has 1 aromatic carbocycles. The molecule has 0 bridgehead atoms. The number of nitrogens with one attached hydrogen (secondary N) is 1. The van der Waals surface area contributed by atoms with E-state index in [9.17, 15) is 17.6 Å². The molecule has 0 saturated carbocycles. The number of benzene rings is 1. The zero-order valence-electron chi connectivity index (χ0n) is 11.6. The van der Waals surface area contributed by atoms with Gasteiger partial charge in [-0.1, -0.05) is 4.49 Å². The number of sulfonamides is 1. The fourth-order valence-electron chi connectivity index (χ4n) is 1.74. The van der Waals surface area contributed by atoms with E-state index >= 15 is 0 Å². The molecule has 1 aromatic heterocycles. The van der Waals surface area contributed by atoms with E-state index in [0.717, 1.165) is 23.7 Å². The molecule has 22 heavy (non-hydrogen) atoms. The maximum Gasteiger partial charge on any atom is 0.338 e. The van der Waals surface area contributed by atoms with E-state index in [1.807, 2.05) is 0 Å². The summed E-state index contributed by atoms with van der Waals surface area (Å²) in [6.45, 7) is 3.06. The number of aromatic carboxylic acids is 1. The van der Waals surface area contributed by atoms with Crippen LogP contribution in [-0.4, -0.2) is 29.1 Å². The standard InChI is InChI=1S/C12H12FN3O4S2/c1-6-3-8(12(17)18)11(13)10(4-6)22(19,20)14-5-9-7(2)15-16-21-9/h3-4,14H,5H2,1-2H3,(H,17,18). The zero-order chi connectivity index (χ0) is 16.5. The lowest BCUT2D eigenvalue weighted by atomic mass is 10.1. The van der Waals surface area contributed by atoms with Crippen LogP contribution < -0.4 is 4.72 Å². The van der Waals surface area contributed by atoms with Gasteiger partial charge in [-0.05, 0) is 43.1 Å². The maximum atomic E-state index is 14.1. The van der Waals surface area contributed by atoms with Crippen LogP contribution in [0.15, 0.2) is 17.0 Å². The van der Waals surface area contributed by atoms with Crippen molar-refractivity contribution in [3.05, 3.63) is 39.6 Å². The monoisotopic (exact) mass is 345 g/mol. The van der Waals surface area contributed by atoms with Gasteiger partial charge in [0.25, 0.3) is 0 Å². The average Bonchev–Trinajstić information content (AvgIpc) is 2.84. The molecule has 0 aliphatic carbocycles. The largest absolute Gasteiger partial charge is 0.478 e. The van der Waals surface area contributed by atoms with Crippen LogP contribution in [0.4, 0.5) is 4.39 Å². The fourth-order valence-corrected chi connectivity index (χ4v) is 3.58. The molecule has 2 N–H and O–H groups in total. The second-order valence-electron chi connectivity index (χ2n) is 4.54. The lowest BCUT2D eigenvalue weighted by Crippen LogP contribution is -2.25. The van der Waals surface area contributed by atoms with Crippen molar-refractivity contribution in [2.24, 2.45) is 0 Å². The molecule has 0 fully saturated rings. The van der Waals surface area contributed by atoms with E-state index < -0.39 is 32.3 Å². The molecule has 118 valence electrons. The van der Waals surface area contributed by atoms with Crippen LogP contribution in [-0.2, 0) is 16.6 Å². The Kier molecular flexibility index (Phi) is 4.54. The second-order valence-corrected chi connectivity index (χ2v) is 7.11. The minimum Gasteiger partial charge on any atom is -0.478 e. The molecule has 2 rings (SSSR count). The Morgan fingerprint density at radius 3 is 2.64 bits per heavy atom. The van der Waals surface area contributed by atoms with Crippen LogP contribution in [0.25, 0.3) is 0 Å². The van der Waals surface area contributed by atoms with Crippen molar-refractivity contribution < 1.29 is 22.7 Å². The molecule has 2 aromatic rings. The number of halogens is 1. The molecule has 0 spiro atoms. The third-order valence-corrected chi connectivity index (χ3v) is 5.10. The lowest BCUT2D eigenvalue weighted by molar-refractivity contribution is 0.0691. The Balaban J connectivity index is 2.37. The Bertz CT molecular complexity index is 833. The quantitative estimate of drug-likeness (QED) is 0.849. The van der Waals surface area contributed by atoms with Crippen LogP contribution >= 0.6 is 11.5 Å². The first-order chi connectivity index (χ1) is 10.2. The number of carboxylic acids is 1. The number of nitrogens with zero attached hydrogens (tertiary/aromatic N) is 2. The van der Waals surface area contributed by atoms with Gasteiger partial charge in [0, 0.05) is 6.54 Å². The summed E-state index contributed by atoms with van der Waals surface area (Å²) in [6.07, 6.45) is 0. The van der Waals surface area contributed by atoms with Crippen molar-refractivity contribution in [1.82, 2.24) is 14.3 Å². The maximum absolute atomic E-state index is 14.1. The molecule has 1 heterocycles. The van der Waals surface area contributed by atoms with E-state index in [0.29, 0.717) is 16.1 Å². The second kappa shape index (κ2) is 6.07. The molecular formula is C12H12FN3O4S2. The van der Waals surface area contributed by atoms with Gasteiger partial charge in [0.2, 0.25) is 10.0 Å². The number of carbonyl (C=O) groups is 1. The predicted octanol–water partition coefficient (Wildman–Crippen LogP) is 1.47. The number of hydrogen-bond donors (Lipinski definition) is 2. The first-order valence-corrected chi connectivity index (χ1v) is 8.29. The molecule has 0 aliphatic heterocycles. The lowest BCUT2D eigenvalue weighted by Gasteiger charge is -2.10. The molecule has 10 heteroatoms. The number of carboxylic acid groups (broad SMARTS) is 1. The van der Waals surface area contributed by atoms with Gasteiger partial charge in [-0.3, -0.25) is 0 Å². The van der Waals surface area contributed by atoms with Crippen LogP contribution in [0.3, 0.4) is 0 Å². The highest BCUT2D eigenvalue weighted by Crippen LogP contribution is 2.21. The van der Waals surface area contributed by atoms with E-state index in [1.54, 1.807) is 6.92 Å². The zero-order valence-corrected chi connectivity index (χ0v) is 13.3. The first kappa shape index (κ1) is 16.5. The highest BCUT2D eigenvalue weighted by atomic mass is 32.2. The van der Waals surface area contributed by atoms with Crippen LogP contribution in [0.2, 0.25) is 0 Å². The molecule has 0 saturated heterocycles. The number of hydrogen-bond acceptors (Lipinski definition) is 6. The molecule has 0 amide bonds. The van der Waals surface area contributed by atoms with Gasteiger partial charge in [-0.25, -0.2) is 22.3 Å². The summed E-state index contributed by atoms with van der Waals surface area (Å²) < 4.78 is 44.4. The number of aromatic nitrogens is 2. The molecule has 0 atom stereocenters. The summed E-state index contributed by atoms with van der Waals surface area (Å²) in [5.74, 6) is -2.81. The molecule has 0 unspecified atom stereocenters. The van der Waals surface area contributed by atoms with Crippen molar-refractivity contribution in [1.29, 1.82) is 0 Å². The molecule has 0 radical (unpaired) electrons. The highest BCUT2D eigenvalue weighted by molar-refractivity contribution is 7.89. The van der Waals surface area contributed by atoms with E-state index in [4.69, 9.17) is 5.11 Å². The van der Waals surface area contributed by atoms with Gasteiger partial charge in [-0.2, -0.15) is 0 Å². The SMILES string of the molecule is Cc1cc(C(=O)O)c(F)c(S(=O)(=O)NCc2snnc2C)c1. The average molecular weight is 345 g/mol. The summed E-state index contributed by atoms with van der Waals surface area (Å²) >= 11 is 1.02. The summed E-state index contributed by atoms with van der Waals surface area (Å²) in [4.78, 5) is 10.9. The Morgan fingerprint density at radius 1 is 1.41 bits per heavy atom. The Labute approximate surface area is 130 Å². The minimum atomic E-state index is -4.20. The van der Waals surface area contributed by atoms with Gasteiger partial charge in [-0.15, -0.1) is 5.10 Å². The molecule has 0 aliphatic rings. The Hall–Kier alpha value is -1.91. The van der Waals surface area contributed by atoms with Crippen LogP contribution in [0.1, 0.15) is 26.5 Å². The van der Waals surface area contributed by atoms with E-state index in [1.165, 1.54) is 6.92 Å². The third kappa shape index (κ3) is 3.29. The van der Waals surface area contributed by atoms with Crippen molar-refractivity contribution in [3.8, 4) is 0 Å². The van der Waals surface area contributed by atoms with Crippen molar-refractivity contribution in [3.63, 3.8) is 0 Å². The van der Waals surface area contributed by atoms with Crippen molar-refractivity contribution in [2.45, 2.75) is 25.3 Å². The predicted molar refractivity (Wildman–Crippen MR) is 76.8 cm³/mol. The summed E-state index contributed by atoms with van der Waals surface area (Å²) in [5.41, 5.74) is 0.217. The molecular weight excluding hydrogens is 333 g/mol. The van der Waals surface area contributed by atoms with E-state index in [2.05, 4.69) is 14.3 Å². The van der Waals surface area contributed by atoms with Gasteiger partial charge in [0.1, 0.15) is 4.90 Å². The van der Waals surface area contributed by atoms with Gasteiger partial charge >= 0.3 is 5.97 Å². The van der Waals surface area contributed by atoms with Crippen LogP contribution in [0.5, 0.6) is 0 Å². The minimum absolute atomic E-state index is 0.0956. The smallest absolute Gasteiger partial charge is 0.338 e. The van der Waals surface area contributed by atoms with Gasteiger partial charge < -0.3 is 5.11 Å². The normalized spacial score (nSPS) is 11.6. The Morgan fingerprint density at radius 2 is 2.09 bits per heavy atom. The topological polar surface area (TPSA) is 109 Å². The van der Waals surface area contributed by atoms with Gasteiger partial charge in [0.15, 0.2) is 5.82 Å². The molecule has 7 nitrogen and oxygen atoms in total. The third-order valence-electron chi connectivity index (χ3n) is 2.87. The van der Waals surface area contributed by atoms with Crippen molar-refractivity contribution >= 4 is 27.5 Å². The highest BCUT2D eigenvalue weighted by Gasteiger charge is 2.25. The number of aryl methyl sites for hydroxylation is 2. The van der Waals surface area contributed by atoms with Gasteiger partial charge in [0.05, 0.1) is 16.1 Å². The summed E-state index contributed by atoms with van der Waals surface area (Å²) in [5, 5.41) is 12.7. The summed E-state index contributed by atoms with van der Waals surface area (Å²) in [6, 6.07) is 2.16. The van der Waals surface area contributed by atoms with Crippen LogP contribution in [0, 0.1) is 19.7 Å². The van der Waals surface area contributed by atoms with E-state index in [-0.39, 0.29) is 6.54 Å². The fraction of sp³-hybridized carbons (Fsp3) is 0.250. The summed E-state index contributed by atoms with van der Waals surface area (Å²) in [7, 11) is -4.20. The van der Waals surface area contributed by atoms with Crippen molar-refractivity contribution in [2.75, 3.05) is 0 Å².